The van der Waals surface area contributed by atoms with Crippen LogP contribution in [-0.2, 0) is 19.7 Å². The highest BCUT2D eigenvalue weighted by Gasteiger charge is 2.31. The summed E-state index contributed by atoms with van der Waals surface area (Å²) < 4.78 is 121. The van der Waals surface area contributed by atoms with Gasteiger partial charge >= 0.3 is 0 Å². The van der Waals surface area contributed by atoms with Crippen molar-refractivity contribution in [1.29, 1.82) is 0 Å². The van der Waals surface area contributed by atoms with E-state index in [1.807, 2.05) is 9.80 Å². The molecule has 2 aliphatic rings. The molecule has 8 nitrogen and oxygen atoms in total. The monoisotopic (exact) mass is 856 g/mol. The Balaban J connectivity index is 0.000000177. The summed E-state index contributed by atoms with van der Waals surface area (Å²) in [6, 6.07) is 14.0. The van der Waals surface area contributed by atoms with E-state index in [9.17, 15) is 38.8 Å². The summed E-state index contributed by atoms with van der Waals surface area (Å²) in [6.07, 6.45) is 6.04. The van der Waals surface area contributed by atoms with Crippen molar-refractivity contribution in [3.63, 3.8) is 0 Å². The summed E-state index contributed by atoms with van der Waals surface area (Å²) in [5.74, 6) is -2.90. The van der Waals surface area contributed by atoms with Gasteiger partial charge in [0.2, 0.25) is 19.7 Å². The van der Waals surface area contributed by atoms with E-state index in [1.165, 1.54) is 48.8 Å². The van der Waals surface area contributed by atoms with Crippen LogP contribution in [-0.4, -0.2) is 53.0 Å². The van der Waals surface area contributed by atoms with Gasteiger partial charge in [-0.2, -0.15) is 0 Å². The van der Waals surface area contributed by atoms with Crippen molar-refractivity contribution in [2.24, 2.45) is 11.8 Å². The minimum atomic E-state index is -4.18. The lowest BCUT2D eigenvalue weighted by Gasteiger charge is -2.34. The number of fused-ring (bicyclic) bond motifs is 2. The van der Waals surface area contributed by atoms with E-state index in [-0.39, 0.29) is 24.6 Å². The van der Waals surface area contributed by atoms with Gasteiger partial charge in [-0.05, 0) is 98.2 Å². The lowest BCUT2D eigenvalue weighted by molar-refractivity contribution is 0.437. The average molecular weight is 857 g/mol. The molecule has 16 heteroatoms. The van der Waals surface area contributed by atoms with Gasteiger partial charge < -0.3 is 9.80 Å². The smallest absolute Gasteiger partial charge is 0.210 e. The molecule has 2 saturated heterocycles. The van der Waals surface area contributed by atoms with E-state index < -0.39 is 48.8 Å². The molecule has 4 heterocycles. The largest absolute Gasteiger partial charge is 0.370 e. The molecular weight excluding hydrogens is 819 g/mol. The van der Waals surface area contributed by atoms with Crippen molar-refractivity contribution >= 4 is 64.5 Å². The second-order valence-electron chi connectivity index (χ2n) is 14.8. The van der Waals surface area contributed by atoms with Crippen LogP contribution in [0.25, 0.3) is 21.8 Å². The van der Waals surface area contributed by atoms with Crippen LogP contribution in [0, 0.1) is 40.9 Å². The fourth-order valence-electron chi connectivity index (χ4n) is 7.32. The SMILES string of the molecule is CC1CCN(c2c(S(=O)(=O)c3ccc(F)c(Cl)c3)cnc3cc(F)ccc23)CC1.CC1CCN(c2c(S(=O)(=O)c3ccc(F)c(F)c3)cnc3cc(F)ccc23)CC1. The fraction of sp³-hybridized carbons (Fsp3) is 0.286. The van der Waals surface area contributed by atoms with E-state index >= 15 is 0 Å². The van der Waals surface area contributed by atoms with Gasteiger partial charge in [0.15, 0.2) is 11.6 Å². The molecule has 0 spiro atoms. The number of halogens is 6. The number of sulfone groups is 2. The standard InChI is InChI=1S/C21H19ClF2N2O2S.C21H19F3N2O2S/c1-13-6-8-26(9-7-13)21-16-4-2-14(23)10-19(16)25-12-20(21)29(27,28)15-3-5-18(24)17(22)11-15;1-13-6-8-26(9-7-13)21-16-4-2-14(22)10-19(16)25-12-20(21)29(27,28)15-3-5-17(23)18(24)11-15/h2*2-5,10-13H,6-9H2,1H3. The average Bonchev–Trinajstić information content (AvgIpc) is 3.19. The topological polar surface area (TPSA) is 101 Å². The number of aromatic nitrogens is 2. The minimum Gasteiger partial charge on any atom is -0.370 e. The van der Waals surface area contributed by atoms with Crippen molar-refractivity contribution in [3.8, 4) is 0 Å². The molecule has 0 unspecified atom stereocenters. The van der Waals surface area contributed by atoms with Crippen LogP contribution in [0.5, 0.6) is 0 Å². The third kappa shape index (κ3) is 8.21. The van der Waals surface area contributed by atoms with Gasteiger partial charge in [-0.3, -0.25) is 9.97 Å². The van der Waals surface area contributed by atoms with Crippen LogP contribution in [0.3, 0.4) is 0 Å². The van der Waals surface area contributed by atoms with Crippen LogP contribution >= 0.6 is 11.6 Å². The van der Waals surface area contributed by atoms with Gasteiger partial charge in [-0.25, -0.2) is 38.8 Å². The molecule has 304 valence electrons. The molecular formula is C42H38ClF5N4O4S2. The summed E-state index contributed by atoms with van der Waals surface area (Å²) in [7, 11) is -8.20. The molecule has 0 atom stereocenters. The number of rotatable bonds is 6. The number of pyridine rings is 2. The molecule has 2 aliphatic heterocycles. The quantitative estimate of drug-likeness (QED) is 0.121. The van der Waals surface area contributed by atoms with E-state index in [0.717, 1.165) is 49.9 Å². The predicted octanol–water partition coefficient (Wildman–Crippen LogP) is 9.96. The van der Waals surface area contributed by atoms with E-state index in [0.29, 0.717) is 77.3 Å². The third-order valence-electron chi connectivity index (χ3n) is 10.7. The Morgan fingerprint density at radius 1 is 0.552 bits per heavy atom. The van der Waals surface area contributed by atoms with Crippen LogP contribution in [0.2, 0.25) is 5.02 Å². The number of hydrogen-bond donors (Lipinski definition) is 0. The summed E-state index contributed by atoms with van der Waals surface area (Å²) in [5, 5.41) is 0.801. The Morgan fingerprint density at radius 2 is 0.966 bits per heavy atom. The zero-order valence-electron chi connectivity index (χ0n) is 31.4. The molecule has 2 aromatic heterocycles. The predicted molar refractivity (Wildman–Crippen MR) is 213 cm³/mol. The van der Waals surface area contributed by atoms with Gasteiger partial charge in [0.25, 0.3) is 0 Å². The number of nitrogens with zero attached hydrogens (tertiary/aromatic N) is 4. The zero-order chi connectivity index (χ0) is 41.5. The Morgan fingerprint density at radius 3 is 1.38 bits per heavy atom. The molecule has 2 fully saturated rings. The fourth-order valence-corrected chi connectivity index (χ4v) is 10.5. The Labute approximate surface area is 338 Å². The maximum absolute atomic E-state index is 13.7. The van der Waals surface area contributed by atoms with Crippen molar-refractivity contribution < 1.29 is 38.8 Å². The first-order valence-corrected chi connectivity index (χ1v) is 22.0. The van der Waals surface area contributed by atoms with Crippen LogP contribution < -0.4 is 9.80 Å². The maximum atomic E-state index is 13.7. The second kappa shape index (κ2) is 16.4. The Bertz CT molecular complexity index is 2570. The second-order valence-corrected chi connectivity index (χ2v) is 19.0. The Kier molecular flexibility index (Phi) is 11.7. The van der Waals surface area contributed by atoms with Crippen molar-refractivity contribution in [2.45, 2.75) is 59.1 Å². The molecule has 0 aliphatic carbocycles. The lowest BCUT2D eigenvalue weighted by Crippen LogP contribution is -2.34. The van der Waals surface area contributed by atoms with E-state index in [4.69, 9.17) is 11.6 Å². The molecule has 0 N–H and O–H groups in total. The first kappa shape index (κ1) is 41.3. The van der Waals surface area contributed by atoms with Crippen molar-refractivity contribution in [3.05, 3.63) is 119 Å². The number of benzene rings is 4. The molecule has 0 radical (unpaired) electrons. The highest BCUT2D eigenvalue weighted by molar-refractivity contribution is 7.92. The molecule has 0 amide bonds. The number of anilines is 2. The van der Waals surface area contributed by atoms with Crippen LogP contribution in [0.15, 0.2) is 105 Å². The first-order valence-electron chi connectivity index (χ1n) is 18.6. The highest BCUT2D eigenvalue weighted by Crippen LogP contribution is 2.40. The molecule has 6 aromatic rings. The Hall–Kier alpha value is -4.86. The summed E-state index contributed by atoms with van der Waals surface area (Å²) >= 11 is 5.82. The van der Waals surface area contributed by atoms with Gasteiger partial charge in [0, 0.05) is 61.5 Å². The normalized spacial score (nSPS) is 15.8. The maximum Gasteiger partial charge on any atom is 0.210 e. The van der Waals surface area contributed by atoms with Crippen LogP contribution in [0.4, 0.5) is 33.3 Å². The number of hydrogen-bond acceptors (Lipinski definition) is 8. The first-order chi connectivity index (χ1) is 27.5. The van der Waals surface area contributed by atoms with Gasteiger partial charge in [0.1, 0.15) is 27.2 Å². The number of piperidine rings is 2. The molecule has 0 bridgehead atoms. The van der Waals surface area contributed by atoms with Gasteiger partial charge in [0.05, 0.1) is 37.2 Å². The van der Waals surface area contributed by atoms with Gasteiger partial charge in [-0.15, -0.1) is 0 Å². The zero-order valence-corrected chi connectivity index (χ0v) is 33.8. The van der Waals surface area contributed by atoms with E-state index in [2.05, 4.69) is 23.8 Å². The van der Waals surface area contributed by atoms with E-state index in [1.54, 1.807) is 6.07 Å². The van der Waals surface area contributed by atoms with Crippen LogP contribution in [0.1, 0.15) is 39.5 Å². The van der Waals surface area contributed by atoms with Gasteiger partial charge in [-0.1, -0.05) is 25.4 Å². The third-order valence-corrected chi connectivity index (χ3v) is 14.5. The minimum absolute atomic E-state index is 0.00818. The molecule has 8 rings (SSSR count). The molecule has 58 heavy (non-hydrogen) atoms. The highest BCUT2D eigenvalue weighted by atomic mass is 35.5. The summed E-state index contributed by atoms with van der Waals surface area (Å²) in [6.45, 7) is 6.94. The lowest BCUT2D eigenvalue weighted by atomic mass is 9.98. The molecule has 4 aromatic carbocycles. The van der Waals surface area contributed by atoms with Crippen molar-refractivity contribution in [1.82, 2.24) is 9.97 Å². The summed E-state index contributed by atoms with van der Waals surface area (Å²) in [5.41, 5.74) is 1.64. The van der Waals surface area contributed by atoms with Crippen molar-refractivity contribution in [2.75, 3.05) is 36.0 Å². The summed E-state index contributed by atoms with van der Waals surface area (Å²) in [4.78, 5) is 11.7. The molecule has 0 saturated carbocycles.